The summed E-state index contributed by atoms with van der Waals surface area (Å²) in [7, 11) is 0. The largest absolute Gasteiger partial charge is 0.461 e. The number of fused-ring (bicyclic) bond motifs is 3. The van der Waals surface area contributed by atoms with E-state index in [2.05, 4.69) is 19.9 Å². The number of nitrogens with zero attached hydrogens (tertiary/aromatic N) is 4. The standard InChI is InChI=1S/C27H27F2N5O/c1-2-17-20(28)9-8-16-6-3-7-18(21(16)17)23-22(29)24-19(14-31-23)25(30)33-26(32-24)35-15-27-10-4-12-34(27)13-5-11-27/h3,6-9,14H,2,4-5,10-13,15H2,1H3,(H2,30,32,33). The molecule has 4 aromatic rings. The minimum absolute atomic E-state index is 0.0125. The van der Waals surface area contributed by atoms with Crippen LogP contribution in [0.5, 0.6) is 6.01 Å². The first-order valence-electron chi connectivity index (χ1n) is 12.2. The van der Waals surface area contributed by atoms with Crippen LogP contribution in [0.15, 0.2) is 36.5 Å². The Hall–Kier alpha value is -3.39. The molecule has 0 radical (unpaired) electrons. The summed E-state index contributed by atoms with van der Waals surface area (Å²) in [6.45, 7) is 4.50. The van der Waals surface area contributed by atoms with E-state index in [9.17, 15) is 4.39 Å². The normalized spacial score (nSPS) is 17.3. The topological polar surface area (TPSA) is 77.2 Å². The zero-order valence-corrected chi connectivity index (χ0v) is 19.7. The summed E-state index contributed by atoms with van der Waals surface area (Å²) in [5.74, 6) is -0.821. The van der Waals surface area contributed by atoms with Crippen LogP contribution in [-0.2, 0) is 6.42 Å². The Morgan fingerprint density at radius 3 is 2.66 bits per heavy atom. The van der Waals surface area contributed by atoms with Crippen LogP contribution in [-0.4, -0.2) is 45.1 Å². The van der Waals surface area contributed by atoms with E-state index >= 15 is 4.39 Å². The van der Waals surface area contributed by atoms with Crippen LogP contribution < -0.4 is 10.5 Å². The van der Waals surface area contributed by atoms with Crippen molar-refractivity contribution in [2.75, 3.05) is 25.4 Å². The number of nitrogens with two attached hydrogens (primary N) is 1. The summed E-state index contributed by atoms with van der Waals surface area (Å²) in [6, 6.07) is 8.68. The fraction of sp³-hybridized carbons (Fsp3) is 0.370. The molecule has 6 nitrogen and oxygen atoms in total. The number of hydrogen-bond acceptors (Lipinski definition) is 6. The molecule has 0 atom stereocenters. The van der Waals surface area contributed by atoms with E-state index in [1.165, 1.54) is 12.3 Å². The lowest BCUT2D eigenvalue weighted by molar-refractivity contribution is 0.108. The number of ether oxygens (including phenoxy) is 1. The first kappa shape index (κ1) is 22.1. The maximum absolute atomic E-state index is 16.0. The highest BCUT2D eigenvalue weighted by Crippen LogP contribution is 2.39. The fourth-order valence-electron chi connectivity index (χ4n) is 5.94. The van der Waals surface area contributed by atoms with Crippen LogP contribution >= 0.6 is 0 Å². The lowest BCUT2D eigenvalue weighted by Crippen LogP contribution is -2.43. The predicted molar refractivity (Wildman–Crippen MR) is 132 cm³/mol. The molecule has 2 saturated heterocycles. The van der Waals surface area contributed by atoms with Crippen LogP contribution in [0, 0.1) is 11.6 Å². The molecule has 2 fully saturated rings. The quantitative estimate of drug-likeness (QED) is 0.424. The molecule has 0 aliphatic carbocycles. The molecule has 0 amide bonds. The highest BCUT2D eigenvalue weighted by atomic mass is 19.1. The second kappa shape index (κ2) is 8.37. The van der Waals surface area contributed by atoms with Gasteiger partial charge < -0.3 is 10.5 Å². The number of anilines is 1. The lowest BCUT2D eigenvalue weighted by Gasteiger charge is -2.31. The van der Waals surface area contributed by atoms with Crippen molar-refractivity contribution < 1.29 is 13.5 Å². The van der Waals surface area contributed by atoms with Gasteiger partial charge in [0.25, 0.3) is 0 Å². The van der Waals surface area contributed by atoms with Gasteiger partial charge in [-0.25, -0.2) is 8.78 Å². The van der Waals surface area contributed by atoms with Gasteiger partial charge in [0.05, 0.1) is 10.9 Å². The SMILES string of the molecule is CCc1c(F)ccc2cccc(-c3ncc4c(N)nc(OCC56CCCN5CCC6)nc4c3F)c12. The summed E-state index contributed by atoms with van der Waals surface area (Å²) < 4.78 is 36.6. The molecule has 0 saturated carbocycles. The molecule has 6 rings (SSSR count). The lowest BCUT2D eigenvalue weighted by atomic mass is 9.95. The first-order chi connectivity index (χ1) is 17.0. The molecular formula is C27H27F2N5O. The molecule has 8 heteroatoms. The average Bonchev–Trinajstić information content (AvgIpc) is 3.44. The third-order valence-corrected chi connectivity index (χ3v) is 7.68. The zero-order chi connectivity index (χ0) is 24.2. The second-order valence-electron chi connectivity index (χ2n) is 9.56. The highest BCUT2D eigenvalue weighted by Gasteiger charge is 2.45. The van der Waals surface area contributed by atoms with Crippen molar-refractivity contribution in [2.45, 2.75) is 44.6 Å². The Morgan fingerprint density at radius 1 is 1.09 bits per heavy atom. The number of aryl methyl sites for hydroxylation is 1. The van der Waals surface area contributed by atoms with Crippen molar-refractivity contribution in [3.8, 4) is 17.3 Å². The first-order valence-corrected chi connectivity index (χ1v) is 12.2. The number of hydrogen-bond donors (Lipinski definition) is 1. The highest BCUT2D eigenvalue weighted by molar-refractivity contribution is 6.00. The van der Waals surface area contributed by atoms with Gasteiger partial charge in [0.1, 0.15) is 29.5 Å². The molecular weight excluding hydrogens is 448 g/mol. The van der Waals surface area contributed by atoms with Gasteiger partial charge in [0.2, 0.25) is 0 Å². The second-order valence-corrected chi connectivity index (χ2v) is 9.56. The van der Waals surface area contributed by atoms with Crippen molar-refractivity contribution in [1.82, 2.24) is 19.9 Å². The number of pyridine rings is 1. The van der Waals surface area contributed by atoms with Gasteiger partial charge >= 0.3 is 6.01 Å². The van der Waals surface area contributed by atoms with Crippen molar-refractivity contribution in [1.29, 1.82) is 0 Å². The molecule has 2 aromatic heterocycles. The Bertz CT molecular complexity index is 1450. The van der Waals surface area contributed by atoms with E-state index < -0.39 is 5.82 Å². The van der Waals surface area contributed by atoms with Gasteiger partial charge in [-0.2, -0.15) is 9.97 Å². The Morgan fingerprint density at radius 2 is 1.89 bits per heavy atom. The van der Waals surface area contributed by atoms with Crippen LogP contribution in [0.4, 0.5) is 14.6 Å². The van der Waals surface area contributed by atoms with E-state index in [1.54, 1.807) is 12.1 Å². The van der Waals surface area contributed by atoms with Gasteiger partial charge in [0.15, 0.2) is 5.82 Å². The van der Waals surface area contributed by atoms with Crippen LogP contribution in [0.2, 0.25) is 0 Å². The maximum atomic E-state index is 16.0. The molecule has 0 spiro atoms. The third-order valence-electron chi connectivity index (χ3n) is 7.68. The predicted octanol–water partition coefficient (Wildman–Crippen LogP) is 5.28. The van der Waals surface area contributed by atoms with E-state index in [0.717, 1.165) is 44.2 Å². The molecule has 2 aromatic carbocycles. The van der Waals surface area contributed by atoms with Crippen molar-refractivity contribution in [3.05, 3.63) is 53.7 Å². The van der Waals surface area contributed by atoms with E-state index in [0.29, 0.717) is 34.9 Å². The smallest absolute Gasteiger partial charge is 0.319 e. The number of aromatic nitrogens is 3. The van der Waals surface area contributed by atoms with Crippen LogP contribution in [0.3, 0.4) is 0 Å². The number of rotatable bonds is 5. The fourth-order valence-corrected chi connectivity index (χ4v) is 5.94. The number of nitrogen functional groups attached to an aromatic ring is 1. The van der Waals surface area contributed by atoms with Crippen molar-refractivity contribution in [2.24, 2.45) is 0 Å². The molecule has 4 heterocycles. The molecule has 2 aliphatic heterocycles. The maximum Gasteiger partial charge on any atom is 0.319 e. The minimum Gasteiger partial charge on any atom is -0.461 e. The summed E-state index contributed by atoms with van der Waals surface area (Å²) in [5.41, 5.74) is 7.38. The van der Waals surface area contributed by atoms with Crippen molar-refractivity contribution in [3.63, 3.8) is 0 Å². The van der Waals surface area contributed by atoms with E-state index in [1.807, 2.05) is 19.1 Å². The molecule has 2 N–H and O–H groups in total. The van der Waals surface area contributed by atoms with Crippen LogP contribution in [0.1, 0.15) is 38.2 Å². The Labute approximate surface area is 202 Å². The monoisotopic (exact) mass is 475 g/mol. The number of halogens is 2. The third kappa shape index (κ3) is 3.50. The summed E-state index contributed by atoms with van der Waals surface area (Å²) >= 11 is 0. The van der Waals surface area contributed by atoms with Crippen molar-refractivity contribution >= 4 is 27.5 Å². The van der Waals surface area contributed by atoms with Gasteiger partial charge in [-0.1, -0.05) is 31.2 Å². The average molecular weight is 476 g/mol. The van der Waals surface area contributed by atoms with Gasteiger partial charge in [-0.15, -0.1) is 0 Å². The van der Waals surface area contributed by atoms with E-state index in [-0.39, 0.29) is 34.4 Å². The zero-order valence-electron chi connectivity index (χ0n) is 19.7. The molecule has 2 aliphatic rings. The Balaban J connectivity index is 1.44. The molecule has 180 valence electrons. The summed E-state index contributed by atoms with van der Waals surface area (Å²) in [5, 5.41) is 1.80. The number of benzene rings is 2. The van der Waals surface area contributed by atoms with Gasteiger partial charge in [-0.3, -0.25) is 9.88 Å². The molecule has 0 unspecified atom stereocenters. The van der Waals surface area contributed by atoms with E-state index in [4.69, 9.17) is 10.5 Å². The Kier molecular flexibility index (Phi) is 5.29. The van der Waals surface area contributed by atoms with Crippen LogP contribution in [0.25, 0.3) is 32.9 Å². The molecule has 0 bridgehead atoms. The summed E-state index contributed by atoms with van der Waals surface area (Å²) in [4.78, 5) is 15.5. The van der Waals surface area contributed by atoms with Gasteiger partial charge in [0, 0.05) is 11.8 Å². The summed E-state index contributed by atoms with van der Waals surface area (Å²) in [6.07, 6.45) is 6.41. The van der Waals surface area contributed by atoms with Gasteiger partial charge in [-0.05, 0) is 67.6 Å². The molecule has 35 heavy (non-hydrogen) atoms. The minimum atomic E-state index is -0.623.